The van der Waals surface area contributed by atoms with Crippen molar-refractivity contribution in [2.75, 3.05) is 17.6 Å². The molecule has 5 nitrogen and oxygen atoms in total. The minimum absolute atomic E-state index is 0.272. The third-order valence-corrected chi connectivity index (χ3v) is 2.06. The normalized spacial score (nSPS) is 10.5. The summed E-state index contributed by atoms with van der Waals surface area (Å²) in [5.74, 6) is 1.05. The molecule has 0 saturated heterocycles. The maximum atomic E-state index is 5.61. The number of nitrogens with two attached hydrogens (primary N) is 1. The van der Waals surface area contributed by atoms with Crippen LogP contribution < -0.4 is 11.1 Å². The fourth-order valence-corrected chi connectivity index (χ4v) is 1.38. The molecule has 0 spiro atoms. The molecule has 0 aliphatic carbocycles. The Morgan fingerprint density at radius 1 is 1.40 bits per heavy atom. The molecular formula is C10H13N5. The second kappa shape index (κ2) is 4.08. The predicted octanol–water partition coefficient (Wildman–Crippen LogP) is 1.43. The van der Waals surface area contributed by atoms with E-state index in [-0.39, 0.29) is 5.95 Å². The van der Waals surface area contributed by atoms with Gasteiger partial charge in [-0.05, 0) is 12.5 Å². The van der Waals surface area contributed by atoms with E-state index in [9.17, 15) is 0 Å². The molecule has 0 bridgehead atoms. The summed E-state index contributed by atoms with van der Waals surface area (Å²) >= 11 is 0. The van der Waals surface area contributed by atoms with E-state index in [1.165, 1.54) is 0 Å². The van der Waals surface area contributed by atoms with Gasteiger partial charge in [-0.2, -0.15) is 4.98 Å². The second-order valence-corrected chi connectivity index (χ2v) is 3.25. The van der Waals surface area contributed by atoms with Gasteiger partial charge in [0.25, 0.3) is 0 Å². The summed E-state index contributed by atoms with van der Waals surface area (Å²) in [7, 11) is 0. The number of fused-ring (bicyclic) bond motifs is 1. The Morgan fingerprint density at radius 3 is 3.07 bits per heavy atom. The minimum Gasteiger partial charge on any atom is -0.369 e. The number of aromatic nitrogens is 3. The summed E-state index contributed by atoms with van der Waals surface area (Å²) in [4.78, 5) is 12.3. The van der Waals surface area contributed by atoms with E-state index in [0.29, 0.717) is 0 Å². The van der Waals surface area contributed by atoms with Crippen molar-refractivity contribution in [3.63, 3.8) is 0 Å². The molecular weight excluding hydrogens is 190 g/mol. The number of pyridine rings is 1. The van der Waals surface area contributed by atoms with Crippen LogP contribution in [0.5, 0.6) is 0 Å². The quantitative estimate of drug-likeness (QED) is 0.789. The van der Waals surface area contributed by atoms with Crippen LogP contribution in [0.2, 0.25) is 0 Å². The van der Waals surface area contributed by atoms with E-state index in [1.54, 1.807) is 12.4 Å². The lowest BCUT2D eigenvalue weighted by atomic mass is 10.3. The number of nitrogens with zero attached hydrogens (tertiary/aromatic N) is 3. The van der Waals surface area contributed by atoms with Crippen LogP contribution in [0, 0.1) is 0 Å². The molecule has 0 amide bonds. The average Bonchev–Trinajstić information content (AvgIpc) is 2.25. The molecule has 2 rings (SSSR count). The molecule has 0 aliphatic rings. The lowest BCUT2D eigenvalue weighted by Crippen LogP contribution is -2.05. The number of nitrogens with one attached hydrogen (secondary N) is 1. The number of anilines is 2. The van der Waals surface area contributed by atoms with Crippen molar-refractivity contribution < 1.29 is 0 Å². The largest absolute Gasteiger partial charge is 0.369 e. The number of hydrogen-bond acceptors (Lipinski definition) is 5. The zero-order valence-electron chi connectivity index (χ0n) is 8.57. The van der Waals surface area contributed by atoms with Crippen LogP contribution in [-0.2, 0) is 0 Å². The Kier molecular flexibility index (Phi) is 2.62. The Labute approximate surface area is 87.8 Å². The molecule has 2 heterocycles. The average molecular weight is 203 g/mol. The maximum Gasteiger partial charge on any atom is 0.222 e. The Balaban J connectivity index is 2.50. The highest BCUT2D eigenvalue weighted by Gasteiger charge is 2.04. The number of hydrogen-bond donors (Lipinski definition) is 2. The first-order valence-electron chi connectivity index (χ1n) is 4.92. The van der Waals surface area contributed by atoms with Gasteiger partial charge in [0.2, 0.25) is 5.95 Å². The Morgan fingerprint density at radius 2 is 2.27 bits per heavy atom. The molecule has 0 radical (unpaired) electrons. The Bertz CT molecular complexity index is 468. The molecule has 0 atom stereocenters. The van der Waals surface area contributed by atoms with Gasteiger partial charge in [0.1, 0.15) is 5.82 Å². The van der Waals surface area contributed by atoms with Crippen molar-refractivity contribution in [1.29, 1.82) is 0 Å². The Hall–Kier alpha value is -1.91. The number of rotatable bonds is 3. The summed E-state index contributed by atoms with van der Waals surface area (Å²) in [5, 5.41) is 4.17. The molecule has 0 saturated carbocycles. The zero-order valence-corrected chi connectivity index (χ0v) is 8.57. The van der Waals surface area contributed by atoms with Gasteiger partial charge in [0, 0.05) is 18.1 Å². The van der Waals surface area contributed by atoms with E-state index in [2.05, 4.69) is 27.2 Å². The summed E-state index contributed by atoms with van der Waals surface area (Å²) in [6.45, 7) is 2.97. The highest BCUT2D eigenvalue weighted by Crippen LogP contribution is 2.19. The molecule has 2 aromatic rings. The van der Waals surface area contributed by atoms with Gasteiger partial charge in [0.15, 0.2) is 0 Å². The third-order valence-electron chi connectivity index (χ3n) is 2.06. The fourth-order valence-electron chi connectivity index (χ4n) is 1.38. The van der Waals surface area contributed by atoms with Crippen molar-refractivity contribution in [2.45, 2.75) is 13.3 Å². The van der Waals surface area contributed by atoms with Gasteiger partial charge in [-0.3, -0.25) is 4.98 Å². The number of nitrogen functional groups attached to an aromatic ring is 1. The maximum absolute atomic E-state index is 5.61. The lowest BCUT2D eigenvalue weighted by Gasteiger charge is -2.07. The first-order valence-corrected chi connectivity index (χ1v) is 4.92. The van der Waals surface area contributed by atoms with Gasteiger partial charge in [0.05, 0.1) is 11.7 Å². The minimum atomic E-state index is 0.272. The molecule has 0 aromatic carbocycles. The van der Waals surface area contributed by atoms with Gasteiger partial charge in [-0.15, -0.1) is 0 Å². The summed E-state index contributed by atoms with van der Waals surface area (Å²) in [5.41, 5.74) is 6.37. The van der Waals surface area contributed by atoms with Crippen molar-refractivity contribution in [3.8, 4) is 0 Å². The van der Waals surface area contributed by atoms with E-state index in [1.807, 2.05) is 6.07 Å². The zero-order chi connectivity index (χ0) is 10.7. The van der Waals surface area contributed by atoms with Gasteiger partial charge in [-0.25, -0.2) is 4.98 Å². The molecule has 5 heteroatoms. The first kappa shape index (κ1) is 9.64. The monoisotopic (exact) mass is 203 g/mol. The fraction of sp³-hybridized carbons (Fsp3) is 0.300. The SMILES string of the molecule is CCCNc1nc(N)nc2cnccc12. The second-order valence-electron chi connectivity index (χ2n) is 3.25. The smallest absolute Gasteiger partial charge is 0.222 e. The third kappa shape index (κ3) is 1.96. The van der Waals surface area contributed by atoms with Gasteiger partial charge < -0.3 is 11.1 Å². The molecule has 0 unspecified atom stereocenters. The molecule has 2 aromatic heterocycles. The van der Waals surface area contributed by atoms with Gasteiger partial charge >= 0.3 is 0 Å². The van der Waals surface area contributed by atoms with Crippen LogP contribution in [0.1, 0.15) is 13.3 Å². The molecule has 0 fully saturated rings. The predicted molar refractivity (Wildman–Crippen MR) is 60.5 cm³/mol. The molecule has 15 heavy (non-hydrogen) atoms. The van der Waals surface area contributed by atoms with E-state index >= 15 is 0 Å². The van der Waals surface area contributed by atoms with E-state index < -0.39 is 0 Å². The van der Waals surface area contributed by atoms with Crippen LogP contribution in [0.15, 0.2) is 18.5 Å². The molecule has 3 N–H and O–H groups in total. The first-order chi connectivity index (χ1) is 7.31. The summed E-state index contributed by atoms with van der Waals surface area (Å²) < 4.78 is 0. The standard InChI is InChI=1S/C10H13N5/c1-2-4-13-9-7-3-5-12-6-8(7)14-10(11)15-9/h3,5-6H,2,4H2,1H3,(H3,11,13,14,15). The van der Waals surface area contributed by atoms with Crippen LogP contribution in [0.3, 0.4) is 0 Å². The van der Waals surface area contributed by atoms with Crippen LogP contribution in [-0.4, -0.2) is 21.5 Å². The highest BCUT2D eigenvalue weighted by atomic mass is 15.1. The van der Waals surface area contributed by atoms with E-state index in [0.717, 1.165) is 29.7 Å². The summed E-state index contributed by atoms with van der Waals surface area (Å²) in [6.07, 6.45) is 4.44. The molecule has 0 aliphatic heterocycles. The van der Waals surface area contributed by atoms with Crippen molar-refractivity contribution in [2.24, 2.45) is 0 Å². The lowest BCUT2D eigenvalue weighted by molar-refractivity contribution is 0.970. The van der Waals surface area contributed by atoms with Crippen LogP contribution in [0.25, 0.3) is 10.9 Å². The van der Waals surface area contributed by atoms with Crippen molar-refractivity contribution >= 4 is 22.7 Å². The van der Waals surface area contributed by atoms with E-state index in [4.69, 9.17) is 5.73 Å². The van der Waals surface area contributed by atoms with Gasteiger partial charge in [-0.1, -0.05) is 6.92 Å². The van der Waals surface area contributed by atoms with Crippen molar-refractivity contribution in [1.82, 2.24) is 15.0 Å². The highest BCUT2D eigenvalue weighted by molar-refractivity contribution is 5.89. The topological polar surface area (TPSA) is 76.7 Å². The summed E-state index contributed by atoms with van der Waals surface area (Å²) in [6, 6.07) is 1.88. The molecule has 78 valence electrons. The van der Waals surface area contributed by atoms with Crippen molar-refractivity contribution in [3.05, 3.63) is 18.5 Å². The van der Waals surface area contributed by atoms with Crippen LogP contribution in [0.4, 0.5) is 11.8 Å². The van der Waals surface area contributed by atoms with Crippen LogP contribution >= 0.6 is 0 Å².